The average Bonchev–Trinajstić information content (AvgIpc) is 3.35. The van der Waals surface area contributed by atoms with Crippen molar-refractivity contribution in [3.8, 4) is 5.82 Å². The number of alkyl halides is 3. The molecule has 30 heavy (non-hydrogen) atoms. The summed E-state index contributed by atoms with van der Waals surface area (Å²) < 4.78 is 68.5. The van der Waals surface area contributed by atoms with Crippen molar-refractivity contribution in [1.29, 1.82) is 0 Å². The highest BCUT2D eigenvalue weighted by molar-refractivity contribution is 7.92. The lowest BCUT2D eigenvalue weighted by atomic mass is 10.2. The molecule has 4 rings (SSSR count). The molecule has 1 N–H and O–H groups in total. The summed E-state index contributed by atoms with van der Waals surface area (Å²) in [5.41, 5.74) is -0.123. The second-order valence-electron chi connectivity index (χ2n) is 6.14. The van der Waals surface area contributed by atoms with Gasteiger partial charge >= 0.3 is 6.18 Å². The van der Waals surface area contributed by atoms with E-state index < -0.39 is 21.8 Å². The second kappa shape index (κ2) is 6.99. The molecule has 0 saturated carbocycles. The Morgan fingerprint density at radius 1 is 1.07 bits per heavy atom. The third-order valence-electron chi connectivity index (χ3n) is 4.21. The van der Waals surface area contributed by atoms with Crippen molar-refractivity contribution in [2.24, 2.45) is 0 Å². The van der Waals surface area contributed by atoms with Crippen molar-refractivity contribution in [3.63, 3.8) is 0 Å². The maximum atomic E-state index is 12.8. The summed E-state index contributed by atoms with van der Waals surface area (Å²) >= 11 is 0. The van der Waals surface area contributed by atoms with Gasteiger partial charge in [-0.15, -0.1) is 0 Å². The van der Waals surface area contributed by atoms with Gasteiger partial charge in [-0.3, -0.25) is 4.72 Å². The van der Waals surface area contributed by atoms with Gasteiger partial charge in [-0.2, -0.15) is 23.4 Å². The van der Waals surface area contributed by atoms with Crippen molar-refractivity contribution in [1.82, 2.24) is 24.5 Å². The molecule has 0 bridgehead atoms. The van der Waals surface area contributed by atoms with E-state index in [1.54, 1.807) is 24.4 Å². The smallest absolute Gasteiger partial charge is 0.277 e. The second-order valence-corrected chi connectivity index (χ2v) is 7.83. The van der Waals surface area contributed by atoms with Crippen LogP contribution in [0.3, 0.4) is 0 Å². The Morgan fingerprint density at radius 2 is 1.87 bits per heavy atom. The average molecular weight is 434 g/mol. The van der Waals surface area contributed by atoms with Crippen LogP contribution >= 0.6 is 0 Å². The molecule has 0 radical (unpaired) electrons. The van der Waals surface area contributed by atoms with Gasteiger partial charge in [0.05, 0.1) is 29.2 Å². The van der Waals surface area contributed by atoms with E-state index in [9.17, 15) is 21.6 Å². The van der Waals surface area contributed by atoms with Gasteiger partial charge in [-0.05, 0) is 18.2 Å². The highest BCUT2D eigenvalue weighted by Crippen LogP contribution is 2.29. The number of aromatic nitrogens is 5. The molecule has 0 aliphatic heterocycles. The highest BCUT2D eigenvalue weighted by Gasteiger charge is 2.32. The topological polar surface area (TPSA) is 94.7 Å². The van der Waals surface area contributed by atoms with Crippen LogP contribution in [0.15, 0.2) is 66.6 Å². The van der Waals surface area contributed by atoms with Crippen molar-refractivity contribution in [3.05, 3.63) is 67.3 Å². The first-order chi connectivity index (χ1) is 14.2. The van der Waals surface area contributed by atoms with Crippen molar-refractivity contribution in [2.45, 2.75) is 11.1 Å². The summed E-state index contributed by atoms with van der Waals surface area (Å²) in [7, 11) is -4.02. The Labute approximate surface area is 168 Å². The van der Waals surface area contributed by atoms with E-state index in [1.165, 1.54) is 23.0 Å². The van der Waals surface area contributed by atoms with Crippen LogP contribution in [0.2, 0.25) is 0 Å². The molecular weight excluding hydrogens is 421 g/mol. The lowest BCUT2D eigenvalue weighted by molar-refractivity contribution is -0.137. The predicted molar refractivity (Wildman–Crippen MR) is 103 cm³/mol. The zero-order valence-electron chi connectivity index (χ0n) is 15.1. The molecule has 4 aromatic rings. The van der Waals surface area contributed by atoms with E-state index >= 15 is 0 Å². The normalized spacial score (nSPS) is 12.2. The fourth-order valence-electron chi connectivity index (χ4n) is 2.79. The Kier molecular flexibility index (Phi) is 4.57. The standard InChI is InChI=1S/C18H13F3N6O2S/c1-2-26-17-12(8-23-26)4-3-5-15(17)25-30(28,29)14-6-7-16(22-10-14)27-11-13(9-24-27)18(19,20)21/h2-11,25H,1H2. The molecular formula is C18H13F3N6O2S. The molecule has 12 heteroatoms. The van der Waals surface area contributed by atoms with Crippen LogP contribution < -0.4 is 4.72 Å². The largest absolute Gasteiger partial charge is 0.419 e. The molecule has 3 aromatic heterocycles. The summed E-state index contributed by atoms with van der Waals surface area (Å²) in [4.78, 5) is 3.75. The number of benzene rings is 1. The summed E-state index contributed by atoms with van der Waals surface area (Å²) in [6, 6.07) is 7.51. The third kappa shape index (κ3) is 3.52. The van der Waals surface area contributed by atoms with Crippen molar-refractivity contribution in [2.75, 3.05) is 4.72 Å². The lowest BCUT2D eigenvalue weighted by Gasteiger charge is -2.10. The quantitative estimate of drug-likeness (QED) is 0.519. The van der Waals surface area contributed by atoms with Crippen LogP contribution in [0.5, 0.6) is 0 Å². The van der Waals surface area contributed by atoms with Gasteiger partial charge in [0, 0.05) is 24.0 Å². The molecule has 0 atom stereocenters. The van der Waals surface area contributed by atoms with E-state index in [2.05, 4.69) is 26.5 Å². The van der Waals surface area contributed by atoms with Crippen LogP contribution in [-0.2, 0) is 16.2 Å². The fraction of sp³-hybridized carbons (Fsp3) is 0.0556. The number of fused-ring (bicyclic) bond motifs is 1. The number of para-hydroxylation sites is 1. The molecule has 0 amide bonds. The number of pyridine rings is 1. The van der Waals surface area contributed by atoms with Gasteiger partial charge in [0.25, 0.3) is 10.0 Å². The van der Waals surface area contributed by atoms with Gasteiger partial charge in [0.2, 0.25) is 0 Å². The first kappa shape index (κ1) is 19.6. The maximum Gasteiger partial charge on any atom is 0.419 e. The van der Waals surface area contributed by atoms with Gasteiger partial charge < -0.3 is 0 Å². The van der Waals surface area contributed by atoms with E-state index in [-0.39, 0.29) is 16.4 Å². The molecule has 0 aliphatic carbocycles. The highest BCUT2D eigenvalue weighted by atomic mass is 32.2. The number of halogens is 3. The monoisotopic (exact) mass is 434 g/mol. The number of anilines is 1. The van der Waals surface area contributed by atoms with E-state index in [0.717, 1.165) is 17.1 Å². The van der Waals surface area contributed by atoms with Gasteiger partial charge in [-0.25, -0.2) is 22.8 Å². The fourth-order valence-corrected chi connectivity index (χ4v) is 3.80. The van der Waals surface area contributed by atoms with Crippen LogP contribution in [0.4, 0.5) is 18.9 Å². The molecule has 0 fully saturated rings. The molecule has 3 heterocycles. The van der Waals surface area contributed by atoms with Crippen LogP contribution in [0.1, 0.15) is 5.56 Å². The van der Waals surface area contributed by atoms with E-state index in [1.807, 2.05) is 0 Å². The Hall–Kier alpha value is -3.67. The molecule has 1 aromatic carbocycles. The zero-order chi connectivity index (χ0) is 21.5. The predicted octanol–water partition coefficient (Wildman–Crippen LogP) is 3.54. The molecule has 8 nitrogen and oxygen atoms in total. The van der Waals surface area contributed by atoms with Gasteiger partial charge in [0.1, 0.15) is 4.90 Å². The minimum Gasteiger partial charge on any atom is -0.277 e. The van der Waals surface area contributed by atoms with Crippen LogP contribution in [-0.4, -0.2) is 33.0 Å². The first-order valence-electron chi connectivity index (χ1n) is 8.39. The SMILES string of the molecule is C=Cn1ncc2cccc(NS(=O)(=O)c3ccc(-n4cc(C(F)(F)F)cn4)nc3)c21. The van der Waals surface area contributed by atoms with Crippen LogP contribution in [0.25, 0.3) is 22.9 Å². The molecule has 0 unspecified atom stereocenters. The number of hydrogen-bond donors (Lipinski definition) is 1. The Bertz CT molecular complexity index is 1340. The molecule has 0 aliphatic rings. The summed E-state index contributed by atoms with van der Waals surface area (Å²) in [6.07, 6.45) is 0.950. The molecule has 154 valence electrons. The minimum absolute atomic E-state index is 0.0382. The Morgan fingerprint density at radius 3 is 2.50 bits per heavy atom. The number of rotatable bonds is 5. The van der Waals surface area contributed by atoms with E-state index in [4.69, 9.17) is 0 Å². The van der Waals surface area contributed by atoms with E-state index in [0.29, 0.717) is 17.1 Å². The number of sulfonamides is 1. The van der Waals surface area contributed by atoms with Crippen molar-refractivity contribution < 1.29 is 21.6 Å². The number of nitrogens with one attached hydrogen (secondary N) is 1. The van der Waals surface area contributed by atoms with Crippen LogP contribution in [0, 0.1) is 0 Å². The number of hydrogen-bond acceptors (Lipinski definition) is 5. The third-order valence-corrected chi connectivity index (χ3v) is 5.56. The summed E-state index contributed by atoms with van der Waals surface area (Å²) in [5.74, 6) is 0.0382. The Balaban J connectivity index is 1.64. The minimum atomic E-state index is -4.54. The zero-order valence-corrected chi connectivity index (χ0v) is 15.9. The summed E-state index contributed by atoms with van der Waals surface area (Å²) in [5, 5.41) is 8.42. The lowest BCUT2D eigenvalue weighted by Crippen LogP contribution is -2.14. The summed E-state index contributed by atoms with van der Waals surface area (Å²) in [6.45, 7) is 3.64. The van der Waals surface area contributed by atoms with Crippen molar-refractivity contribution >= 4 is 32.8 Å². The number of nitrogens with zero attached hydrogens (tertiary/aromatic N) is 5. The molecule has 0 spiro atoms. The van der Waals surface area contributed by atoms with Gasteiger partial charge in [0.15, 0.2) is 5.82 Å². The maximum absolute atomic E-state index is 12.8. The molecule has 0 saturated heterocycles. The first-order valence-corrected chi connectivity index (χ1v) is 9.87. The van der Waals surface area contributed by atoms with Gasteiger partial charge in [-0.1, -0.05) is 18.7 Å².